The molecule has 118 valence electrons. The highest BCUT2D eigenvalue weighted by Crippen LogP contribution is 2.34. The van der Waals surface area contributed by atoms with Gasteiger partial charge in [-0.2, -0.15) is 0 Å². The number of ether oxygens (including phenoxy) is 1. The van der Waals surface area contributed by atoms with E-state index in [2.05, 4.69) is 34.0 Å². The van der Waals surface area contributed by atoms with Gasteiger partial charge in [0, 0.05) is 37.0 Å². The van der Waals surface area contributed by atoms with Crippen LogP contribution in [0.1, 0.15) is 30.5 Å². The fourth-order valence-corrected chi connectivity index (χ4v) is 4.31. The van der Waals surface area contributed by atoms with Crippen LogP contribution in [-0.4, -0.2) is 60.7 Å². The third-order valence-corrected chi connectivity index (χ3v) is 5.45. The molecule has 0 N–H and O–H groups in total. The Morgan fingerprint density at radius 3 is 2.95 bits per heavy atom. The Kier molecular flexibility index (Phi) is 4.94. The minimum absolute atomic E-state index is 0.344. The monoisotopic (exact) mass is 309 g/mol. The summed E-state index contributed by atoms with van der Waals surface area (Å²) in [6.07, 6.45) is 2.49. The summed E-state index contributed by atoms with van der Waals surface area (Å²) in [5, 5.41) is 3.37. The van der Waals surface area contributed by atoms with Gasteiger partial charge in [-0.1, -0.05) is 6.92 Å². The van der Waals surface area contributed by atoms with Gasteiger partial charge in [-0.3, -0.25) is 4.90 Å². The zero-order valence-electron chi connectivity index (χ0n) is 13.3. The van der Waals surface area contributed by atoms with Gasteiger partial charge in [0.1, 0.15) is 0 Å². The molecule has 0 amide bonds. The second-order valence-corrected chi connectivity index (χ2v) is 7.71. The average Bonchev–Trinajstić information content (AvgIpc) is 2.96. The van der Waals surface area contributed by atoms with E-state index in [0.717, 1.165) is 32.8 Å². The highest BCUT2D eigenvalue weighted by molar-refractivity contribution is 7.09. The molecule has 5 heteroatoms. The number of hydrogen-bond acceptors (Lipinski definition) is 5. The molecule has 2 saturated heterocycles. The number of hydrogen-bond donors (Lipinski definition) is 0. The summed E-state index contributed by atoms with van der Waals surface area (Å²) < 4.78 is 5.93. The van der Waals surface area contributed by atoms with Crippen molar-refractivity contribution in [2.75, 3.05) is 45.9 Å². The number of nitrogens with zero attached hydrogens (tertiary/aromatic N) is 3. The van der Waals surface area contributed by atoms with Crippen LogP contribution in [0.25, 0.3) is 0 Å². The molecule has 1 atom stereocenters. The summed E-state index contributed by atoms with van der Waals surface area (Å²) in [7, 11) is 0. The number of aromatic nitrogens is 1. The van der Waals surface area contributed by atoms with Crippen LogP contribution in [0.5, 0.6) is 0 Å². The first-order valence-electron chi connectivity index (χ1n) is 8.13. The van der Waals surface area contributed by atoms with Gasteiger partial charge in [0.2, 0.25) is 0 Å². The van der Waals surface area contributed by atoms with Crippen LogP contribution >= 0.6 is 11.3 Å². The molecule has 3 rings (SSSR count). The van der Waals surface area contributed by atoms with Gasteiger partial charge in [0.15, 0.2) is 0 Å². The highest BCUT2D eigenvalue weighted by atomic mass is 32.1. The predicted molar refractivity (Wildman–Crippen MR) is 86.7 cm³/mol. The van der Waals surface area contributed by atoms with Gasteiger partial charge in [-0.15, -0.1) is 11.3 Å². The van der Waals surface area contributed by atoms with E-state index in [9.17, 15) is 0 Å². The molecule has 2 aliphatic heterocycles. The lowest BCUT2D eigenvalue weighted by Crippen LogP contribution is -2.40. The van der Waals surface area contributed by atoms with Crippen LogP contribution in [0, 0.1) is 12.3 Å². The fourth-order valence-electron chi connectivity index (χ4n) is 3.71. The van der Waals surface area contributed by atoms with Crippen LogP contribution in [0.15, 0.2) is 5.38 Å². The third kappa shape index (κ3) is 3.83. The summed E-state index contributed by atoms with van der Waals surface area (Å²) in [5.41, 5.74) is 1.58. The van der Waals surface area contributed by atoms with Crippen molar-refractivity contribution in [3.63, 3.8) is 0 Å². The van der Waals surface area contributed by atoms with Crippen LogP contribution in [-0.2, 0) is 11.3 Å². The van der Waals surface area contributed by atoms with Crippen molar-refractivity contribution in [2.45, 2.75) is 33.2 Å². The maximum Gasteiger partial charge on any atom is 0.0897 e. The quantitative estimate of drug-likeness (QED) is 0.854. The summed E-state index contributed by atoms with van der Waals surface area (Å²) >= 11 is 1.75. The minimum atomic E-state index is 0.344. The lowest BCUT2D eigenvalue weighted by Gasteiger charge is -2.31. The van der Waals surface area contributed by atoms with Gasteiger partial charge in [-0.25, -0.2) is 4.98 Å². The zero-order valence-corrected chi connectivity index (χ0v) is 14.1. The van der Waals surface area contributed by atoms with E-state index in [-0.39, 0.29) is 0 Å². The molecule has 2 fully saturated rings. The zero-order chi connectivity index (χ0) is 14.7. The Hall–Kier alpha value is -0.490. The Labute approximate surface area is 132 Å². The minimum Gasteiger partial charge on any atom is -0.379 e. The summed E-state index contributed by atoms with van der Waals surface area (Å²) in [5.74, 6) is 0. The Bertz CT molecular complexity index is 464. The molecule has 0 aliphatic carbocycles. The van der Waals surface area contributed by atoms with Crippen molar-refractivity contribution in [3.05, 3.63) is 16.1 Å². The van der Waals surface area contributed by atoms with Gasteiger partial charge in [-0.05, 0) is 32.9 Å². The van der Waals surface area contributed by atoms with Crippen molar-refractivity contribution >= 4 is 11.3 Å². The van der Waals surface area contributed by atoms with Gasteiger partial charge >= 0.3 is 0 Å². The van der Waals surface area contributed by atoms with Crippen molar-refractivity contribution in [3.8, 4) is 0 Å². The first kappa shape index (κ1) is 15.4. The second-order valence-electron chi connectivity index (χ2n) is 6.65. The summed E-state index contributed by atoms with van der Waals surface area (Å²) in [6.45, 7) is 13.0. The lowest BCUT2D eigenvalue weighted by molar-refractivity contribution is 0.0707. The summed E-state index contributed by atoms with van der Waals surface area (Å²) in [4.78, 5) is 9.77. The van der Waals surface area contributed by atoms with Gasteiger partial charge < -0.3 is 9.64 Å². The van der Waals surface area contributed by atoms with E-state index in [1.165, 1.54) is 43.2 Å². The third-order valence-electron chi connectivity index (χ3n) is 4.63. The molecule has 1 aromatic heterocycles. The Balaban J connectivity index is 1.61. The average molecular weight is 309 g/mol. The van der Waals surface area contributed by atoms with Crippen LogP contribution < -0.4 is 0 Å². The van der Waals surface area contributed by atoms with Crippen molar-refractivity contribution in [1.29, 1.82) is 0 Å². The molecule has 2 aliphatic rings. The molecule has 1 spiro atoms. The number of likely N-dealkylation sites (tertiary alicyclic amines) is 1. The number of thiazole rings is 1. The topological polar surface area (TPSA) is 28.6 Å². The first-order chi connectivity index (χ1) is 10.2. The van der Waals surface area contributed by atoms with Gasteiger partial charge in [0.25, 0.3) is 0 Å². The molecule has 0 bridgehead atoms. The molecule has 0 unspecified atom stereocenters. The summed E-state index contributed by atoms with van der Waals surface area (Å²) in [6, 6.07) is 0. The molecule has 0 radical (unpaired) electrons. The molecular formula is C16H27N3OS. The van der Waals surface area contributed by atoms with Crippen LogP contribution in [0.4, 0.5) is 0 Å². The standard InChI is InChI=1S/C16H27N3OS/c1-3-5-18-7-8-20-13-16(11-18)4-6-19(12-16)9-15-10-21-14(2)17-15/h10H,3-9,11-13H2,1-2H3/t16-/m0/s1. The Morgan fingerprint density at radius 1 is 1.33 bits per heavy atom. The number of rotatable bonds is 4. The number of aryl methyl sites for hydroxylation is 1. The smallest absolute Gasteiger partial charge is 0.0897 e. The van der Waals surface area contributed by atoms with E-state index in [4.69, 9.17) is 4.74 Å². The molecule has 4 nitrogen and oxygen atoms in total. The molecule has 3 heterocycles. The molecule has 0 aromatic carbocycles. The molecule has 21 heavy (non-hydrogen) atoms. The molecular weight excluding hydrogens is 282 g/mol. The molecule has 1 aromatic rings. The van der Waals surface area contributed by atoms with E-state index >= 15 is 0 Å². The maximum absolute atomic E-state index is 5.93. The largest absolute Gasteiger partial charge is 0.379 e. The van der Waals surface area contributed by atoms with Crippen LogP contribution in [0.3, 0.4) is 0 Å². The van der Waals surface area contributed by atoms with E-state index < -0.39 is 0 Å². The van der Waals surface area contributed by atoms with E-state index in [0.29, 0.717) is 5.41 Å². The van der Waals surface area contributed by atoms with Crippen molar-refractivity contribution in [1.82, 2.24) is 14.8 Å². The van der Waals surface area contributed by atoms with Gasteiger partial charge in [0.05, 0.1) is 23.9 Å². The fraction of sp³-hybridized carbons (Fsp3) is 0.812. The second kappa shape index (κ2) is 6.73. The van der Waals surface area contributed by atoms with E-state index in [1.54, 1.807) is 11.3 Å². The maximum atomic E-state index is 5.93. The first-order valence-corrected chi connectivity index (χ1v) is 9.00. The van der Waals surface area contributed by atoms with Crippen molar-refractivity contribution < 1.29 is 4.74 Å². The van der Waals surface area contributed by atoms with Crippen molar-refractivity contribution in [2.24, 2.45) is 5.41 Å². The normalized spacial score (nSPS) is 28.3. The SMILES string of the molecule is CCCN1CCOC[C@@]2(CCN(Cc3csc(C)n3)C2)C1. The van der Waals surface area contributed by atoms with E-state index in [1.807, 2.05) is 0 Å². The molecule has 0 saturated carbocycles. The lowest BCUT2D eigenvalue weighted by atomic mass is 9.87. The highest BCUT2D eigenvalue weighted by Gasteiger charge is 2.40. The predicted octanol–water partition coefficient (Wildman–Crippen LogP) is 2.39. The van der Waals surface area contributed by atoms with Crippen LogP contribution in [0.2, 0.25) is 0 Å². The Morgan fingerprint density at radius 2 is 2.19 bits per heavy atom.